The number of nitrogens with two attached hydrogens (primary N) is 1. The van der Waals surface area contributed by atoms with Gasteiger partial charge < -0.3 is 15.7 Å². The van der Waals surface area contributed by atoms with Crippen molar-refractivity contribution in [3.05, 3.63) is 23.9 Å². The number of aromatic nitrogens is 1. The van der Waals surface area contributed by atoms with Crippen molar-refractivity contribution in [3.63, 3.8) is 0 Å². The summed E-state index contributed by atoms with van der Waals surface area (Å²) in [4.78, 5) is 27.5. The van der Waals surface area contributed by atoms with Gasteiger partial charge in [0.25, 0.3) is 0 Å². The number of carboxylic acid groups (broad SMARTS) is 1. The first-order chi connectivity index (χ1) is 8.40. The van der Waals surface area contributed by atoms with Gasteiger partial charge in [0.1, 0.15) is 5.82 Å². The van der Waals surface area contributed by atoms with Crippen molar-refractivity contribution in [2.75, 3.05) is 18.0 Å². The average Bonchev–Trinajstić information content (AvgIpc) is 2.27. The van der Waals surface area contributed by atoms with E-state index < -0.39 is 11.9 Å². The van der Waals surface area contributed by atoms with Gasteiger partial charge in [-0.15, -0.1) is 0 Å². The zero-order valence-electron chi connectivity index (χ0n) is 10.5. The highest BCUT2D eigenvalue weighted by Gasteiger charge is 2.13. The molecule has 0 aliphatic heterocycles. The molecule has 3 N–H and O–H groups in total. The molecule has 0 aliphatic carbocycles. The van der Waals surface area contributed by atoms with Crippen molar-refractivity contribution >= 4 is 17.7 Å². The fraction of sp³-hybridized carbons (Fsp3) is 0.417. The van der Waals surface area contributed by atoms with Gasteiger partial charge in [-0.1, -0.05) is 13.8 Å². The molecule has 0 radical (unpaired) electrons. The van der Waals surface area contributed by atoms with E-state index in [4.69, 9.17) is 10.8 Å². The van der Waals surface area contributed by atoms with Crippen LogP contribution in [-0.4, -0.2) is 35.1 Å². The largest absolute Gasteiger partial charge is 0.478 e. The van der Waals surface area contributed by atoms with Crippen molar-refractivity contribution in [1.82, 2.24) is 4.98 Å². The number of anilines is 1. The van der Waals surface area contributed by atoms with E-state index in [1.54, 1.807) is 11.0 Å². The van der Waals surface area contributed by atoms with Crippen molar-refractivity contribution < 1.29 is 14.7 Å². The molecule has 0 fully saturated rings. The zero-order valence-corrected chi connectivity index (χ0v) is 10.5. The van der Waals surface area contributed by atoms with E-state index in [0.717, 1.165) is 0 Å². The third-order valence-corrected chi connectivity index (χ3v) is 2.25. The highest BCUT2D eigenvalue weighted by Crippen LogP contribution is 2.13. The summed E-state index contributed by atoms with van der Waals surface area (Å²) in [6.07, 6.45) is 1.27. The normalized spacial score (nSPS) is 10.4. The molecule has 1 heterocycles. The first kappa shape index (κ1) is 14.0. The van der Waals surface area contributed by atoms with Crippen molar-refractivity contribution in [1.29, 1.82) is 0 Å². The molecule has 1 rings (SSSR count). The highest BCUT2D eigenvalue weighted by atomic mass is 16.4. The van der Waals surface area contributed by atoms with Crippen LogP contribution in [-0.2, 0) is 4.79 Å². The Labute approximate surface area is 105 Å². The van der Waals surface area contributed by atoms with Gasteiger partial charge in [-0.2, -0.15) is 0 Å². The summed E-state index contributed by atoms with van der Waals surface area (Å²) in [5, 5.41) is 8.78. The highest BCUT2D eigenvalue weighted by molar-refractivity contribution is 5.87. The first-order valence-corrected chi connectivity index (χ1v) is 5.62. The quantitative estimate of drug-likeness (QED) is 0.776. The Bertz CT molecular complexity index is 429. The van der Waals surface area contributed by atoms with E-state index in [2.05, 4.69) is 4.98 Å². The van der Waals surface area contributed by atoms with Crippen LogP contribution in [0.1, 0.15) is 24.2 Å². The Morgan fingerprint density at radius 3 is 2.50 bits per heavy atom. The Hall–Kier alpha value is -2.11. The molecule has 6 heteroatoms. The average molecular weight is 251 g/mol. The molecular weight excluding hydrogens is 234 g/mol. The lowest BCUT2D eigenvalue weighted by molar-refractivity contribution is -0.116. The number of carbonyl (C=O) groups is 2. The zero-order chi connectivity index (χ0) is 13.7. The second-order valence-electron chi connectivity index (χ2n) is 4.45. The summed E-state index contributed by atoms with van der Waals surface area (Å²) < 4.78 is 0. The second-order valence-corrected chi connectivity index (χ2v) is 4.45. The standard InChI is InChI=1S/C12H17N3O3/c1-8(2)6-15(7-10(13)16)11-4-3-9(5-14-11)12(17)18/h3-5,8H,6-7H2,1-2H3,(H2,13,16)(H,17,18). The summed E-state index contributed by atoms with van der Waals surface area (Å²) >= 11 is 0. The number of rotatable bonds is 6. The molecule has 1 amide bonds. The Balaban J connectivity index is 2.90. The fourth-order valence-corrected chi connectivity index (χ4v) is 1.57. The third-order valence-electron chi connectivity index (χ3n) is 2.25. The van der Waals surface area contributed by atoms with Gasteiger partial charge in [0.2, 0.25) is 5.91 Å². The van der Waals surface area contributed by atoms with Gasteiger partial charge in [0.05, 0.1) is 12.1 Å². The van der Waals surface area contributed by atoms with Crippen LogP contribution in [0.25, 0.3) is 0 Å². The van der Waals surface area contributed by atoms with Crippen LogP contribution < -0.4 is 10.6 Å². The molecule has 98 valence electrons. The minimum absolute atomic E-state index is 0.0671. The molecule has 1 aromatic heterocycles. The molecular formula is C12H17N3O3. The minimum atomic E-state index is -1.03. The number of nitrogens with zero attached hydrogens (tertiary/aromatic N) is 2. The summed E-state index contributed by atoms with van der Waals surface area (Å²) in [5.41, 5.74) is 5.30. The van der Waals surface area contributed by atoms with Crippen LogP contribution >= 0.6 is 0 Å². The fourth-order valence-electron chi connectivity index (χ4n) is 1.57. The van der Waals surface area contributed by atoms with E-state index in [1.165, 1.54) is 12.3 Å². The molecule has 0 aromatic carbocycles. The van der Waals surface area contributed by atoms with Gasteiger partial charge in [-0.05, 0) is 18.1 Å². The van der Waals surface area contributed by atoms with E-state index in [1.807, 2.05) is 13.8 Å². The number of primary amides is 1. The van der Waals surface area contributed by atoms with Gasteiger partial charge in [0, 0.05) is 12.7 Å². The summed E-state index contributed by atoms with van der Waals surface area (Å²) in [7, 11) is 0. The van der Waals surface area contributed by atoms with Crippen molar-refractivity contribution in [3.8, 4) is 0 Å². The smallest absolute Gasteiger partial charge is 0.337 e. The van der Waals surface area contributed by atoms with E-state index >= 15 is 0 Å². The van der Waals surface area contributed by atoms with Crippen molar-refractivity contribution in [2.45, 2.75) is 13.8 Å². The van der Waals surface area contributed by atoms with Crippen LogP contribution in [0.15, 0.2) is 18.3 Å². The van der Waals surface area contributed by atoms with Crippen LogP contribution in [0.5, 0.6) is 0 Å². The summed E-state index contributed by atoms with van der Waals surface area (Å²) in [6, 6.07) is 3.04. The van der Waals surface area contributed by atoms with E-state index in [0.29, 0.717) is 18.3 Å². The lowest BCUT2D eigenvalue weighted by Crippen LogP contribution is -2.36. The predicted molar refractivity (Wildman–Crippen MR) is 67.4 cm³/mol. The van der Waals surface area contributed by atoms with Gasteiger partial charge in [-0.25, -0.2) is 9.78 Å². The Kier molecular flexibility index (Phi) is 4.65. The number of hydrogen-bond acceptors (Lipinski definition) is 4. The molecule has 0 saturated heterocycles. The number of carboxylic acids is 1. The van der Waals surface area contributed by atoms with Crippen LogP contribution in [0, 0.1) is 5.92 Å². The van der Waals surface area contributed by atoms with Crippen LogP contribution in [0.3, 0.4) is 0 Å². The predicted octanol–water partition coefficient (Wildman–Crippen LogP) is 0.727. The number of aromatic carboxylic acids is 1. The third kappa shape index (κ3) is 4.04. The maximum atomic E-state index is 11.0. The van der Waals surface area contributed by atoms with Gasteiger partial charge in [0.15, 0.2) is 0 Å². The summed E-state index contributed by atoms with van der Waals surface area (Å²) in [5.74, 6) is -0.586. The Morgan fingerprint density at radius 1 is 1.44 bits per heavy atom. The number of amides is 1. The van der Waals surface area contributed by atoms with Crippen LogP contribution in [0.2, 0.25) is 0 Å². The monoisotopic (exact) mass is 251 g/mol. The Morgan fingerprint density at radius 2 is 2.11 bits per heavy atom. The molecule has 0 atom stereocenters. The molecule has 0 spiro atoms. The maximum absolute atomic E-state index is 11.0. The summed E-state index contributed by atoms with van der Waals surface area (Å²) in [6.45, 7) is 4.72. The lowest BCUT2D eigenvalue weighted by Gasteiger charge is -2.24. The molecule has 0 saturated carbocycles. The van der Waals surface area contributed by atoms with E-state index in [-0.39, 0.29) is 12.1 Å². The molecule has 0 aliphatic rings. The number of hydrogen-bond donors (Lipinski definition) is 2. The molecule has 0 bridgehead atoms. The molecule has 1 aromatic rings. The second kappa shape index (κ2) is 6.00. The van der Waals surface area contributed by atoms with Crippen molar-refractivity contribution in [2.24, 2.45) is 11.7 Å². The first-order valence-electron chi connectivity index (χ1n) is 5.62. The molecule has 0 unspecified atom stereocenters. The minimum Gasteiger partial charge on any atom is -0.478 e. The maximum Gasteiger partial charge on any atom is 0.337 e. The molecule has 6 nitrogen and oxygen atoms in total. The SMILES string of the molecule is CC(C)CN(CC(N)=O)c1ccc(C(=O)O)cn1. The number of pyridine rings is 1. The van der Waals surface area contributed by atoms with Crippen LogP contribution in [0.4, 0.5) is 5.82 Å². The molecule has 18 heavy (non-hydrogen) atoms. The number of carbonyl (C=O) groups excluding carboxylic acids is 1. The lowest BCUT2D eigenvalue weighted by atomic mass is 10.2. The van der Waals surface area contributed by atoms with E-state index in [9.17, 15) is 9.59 Å². The van der Waals surface area contributed by atoms with Gasteiger partial charge in [-0.3, -0.25) is 4.79 Å². The van der Waals surface area contributed by atoms with Gasteiger partial charge >= 0.3 is 5.97 Å². The topological polar surface area (TPSA) is 96.5 Å².